The Kier molecular flexibility index (Phi) is 5.56. The molecule has 0 radical (unpaired) electrons. The third kappa shape index (κ3) is 4.45. The largest absolute Gasteiger partial charge is 0.356 e. The Bertz CT molecular complexity index is 992. The number of amides is 1. The second-order valence-electron chi connectivity index (χ2n) is 7.67. The van der Waals surface area contributed by atoms with Crippen LogP contribution < -0.4 is 10.2 Å². The molecule has 5 nitrogen and oxygen atoms in total. The van der Waals surface area contributed by atoms with E-state index in [4.69, 9.17) is 4.98 Å². The minimum atomic E-state index is 0.0317. The van der Waals surface area contributed by atoms with E-state index in [9.17, 15) is 4.79 Å². The summed E-state index contributed by atoms with van der Waals surface area (Å²) in [5.74, 6) is 1.81. The van der Waals surface area contributed by atoms with Crippen LogP contribution in [0.15, 0.2) is 60.8 Å². The maximum Gasteiger partial charge on any atom is 0.227 e. The molecular formula is C24H26N4O. The number of nitrogens with one attached hydrogen (secondary N) is 1. The molecule has 0 unspecified atom stereocenters. The third-order valence-corrected chi connectivity index (χ3v) is 5.54. The van der Waals surface area contributed by atoms with Gasteiger partial charge in [0.2, 0.25) is 5.91 Å². The monoisotopic (exact) mass is 386 g/mol. The van der Waals surface area contributed by atoms with Gasteiger partial charge in [0.25, 0.3) is 0 Å². The molecule has 1 saturated heterocycles. The average Bonchev–Trinajstić information content (AvgIpc) is 2.76. The summed E-state index contributed by atoms with van der Waals surface area (Å²) < 4.78 is 0. The highest BCUT2D eigenvalue weighted by Crippen LogP contribution is 2.25. The number of anilines is 2. The quantitative estimate of drug-likeness (QED) is 0.711. The van der Waals surface area contributed by atoms with E-state index < -0.39 is 0 Å². The Labute approximate surface area is 171 Å². The van der Waals surface area contributed by atoms with Crippen LogP contribution in [0.2, 0.25) is 0 Å². The Morgan fingerprint density at radius 2 is 1.72 bits per heavy atom. The predicted molar refractivity (Wildman–Crippen MR) is 117 cm³/mol. The molecule has 1 N–H and O–H groups in total. The lowest BCUT2D eigenvalue weighted by atomic mass is 9.95. The number of rotatable bonds is 4. The first-order chi connectivity index (χ1) is 14.1. The van der Waals surface area contributed by atoms with Gasteiger partial charge in [0.1, 0.15) is 5.82 Å². The van der Waals surface area contributed by atoms with Crippen LogP contribution in [0.5, 0.6) is 0 Å². The number of aromatic nitrogens is 2. The zero-order valence-electron chi connectivity index (χ0n) is 16.9. The Balaban J connectivity index is 1.39. The highest BCUT2D eigenvalue weighted by atomic mass is 16.1. The summed E-state index contributed by atoms with van der Waals surface area (Å²) in [4.78, 5) is 24.1. The third-order valence-electron chi connectivity index (χ3n) is 5.54. The van der Waals surface area contributed by atoms with Crippen molar-refractivity contribution in [3.8, 4) is 11.4 Å². The molecule has 0 atom stereocenters. The molecule has 4 rings (SSSR count). The molecule has 5 heteroatoms. The van der Waals surface area contributed by atoms with E-state index >= 15 is 0 Å². The average molecular weight is 386 g/mol. The smallest absolute Gasteiger partial charge is 0.227 e. The van der Waals surface area contributed by atoms with Gasteiger partial charge in [-0.1, -0.05) is 48.0 Å². The van der Waals surface area contributed by atoms with E-state index in [-0.39, 0.29) is 11.8 Å². The molecule has 1 fully saturated rings. The summed E-state index contributed by atoms with van der Waals surface area (Å²) in [6, 6.07) is 18.1. The number of carbonyl (C=O) groups excluding carboxylic acids is 1. The molecule has 1 amide bonds. The van der Waals surface area contributed by atoms with Crippen LogP contribution in [0.4, 0.5) is 11.5 Å². The van der Waals surface area contributed by atoms with E-state index in [1.54, 1.807) is 0 Å². The molecule has 1 aliphatic heterocycles. The molecule has 1 aliphatic rings. The van der Waals surface area contributed by atoms with E-state index in [0.717, 1.165) is 54.4 Å². The standard InChI is InChI=1S/C24H26N4O/c1-17-7-9-19(10-8-17)23-25-14-11-22(27-23)28-15-12-20(13-16-28)24(29)26-21-6-4-3-5-18(21)2/h3-11,14,20H,12-13,15-16H2,1-2H3,(H,26,29). The minimum absolute atomic E-state index is 0.0317. The summed E-state index contributed by atoms with van der Waals surface area (Å²) >= 11 is 0. The number of para-hydroxylation sites is 1. The first-order valence-corrected chi connectivity index (χ1v) is 10.1. The zero-order chi connectivity index (χ0) is 20.2. The van der Waals surface area contributed by atoms with Crippen molar-refractivity contribution >= 4 is 17.4 Å². The van der Waals surface area contributed by atoms with Crippen LogP contribution >= 0.6 is 0 Å². The van der Waals surface area contributed by atoms with Crippen LogP contribution in [-0.2, 0) is 4.79 Å². The van der Waals surface area contributed by atoms with E-state index in [1.807, 2.05) is 43.5 Å². The van der Waals surface area contributed by atoms with Gasteiger partial charge in [-0.05, 0) is 44.4 Å². The summed E-state index contributed by atoms with van der Waals surface area (Å²) in [7, 11) is 0. The maximum absolute atomic E-state index is 12.7. The van der Waals surface area contributed by atoms with Gasteiger partial charge in [0.05, 0.1) is 0 Å². The van der Waals surface area contributed by atoms with Crippen molar-refractivity contribution in [2.45, 2.75) is 26.7 Å². The fourth-order valence-electron chi connectivity index (χ4n) is 3.69. The van der Waals surface area contributed by atoms with Crippen molar-refractivity contribution in [2.24, 2.45) is 5.92 Å². The number of carbonyl (C=O) groups is 1. The number of hydrogen-bond donors (Lipinski definition) is 1. The topological polar surface area (TPSA) is 58.1 Å². The van der Waals surface area contributed by atoms with Crippen LogP contribution in [0, 0.1) is 19.8 Å². The first kappa shape index (κ1) is 19.1. The van der Waals surface area contributed by atoms with Crippen molar-refractivity contribution in [2.75, 3.05) is 23.3 Å². The first-order valence-electron chi connectivity index (χ1n) is 10.1. The molecule has 0 spiro atoms. The molecule has 148 valence electrons. The van der Waals surface area contributed by atoms with Crippen molar-refractivity contribution < 1.29 is 4.79 Å². The van der Waals surface area contributed by atoms with Gasteiger partial charge in [0.15, 0.2) is 5.82 Å². The van der Waals surface area contributed by atoms with E-state index in [1.165, 1.54) is 5.56 Å². The molecule has 29 heavy (non-hydrogen) atoms. The van der Waals surface area contributed by atoms with Crippen LogP contribution in [-0.4, -0.2) is 29.0 Å². The lowest BCUT2D eigenvalue weighted by Gasteiger charge is -2.32. The number of benzene rings is 2. The fourth-order valence-corrected chi connectivity index (χ4v) is 3.69. The highest BCUT2D eigenvalue weighted by Gasteiger charge is 2.26. The van der Waals surface area contributed by atoms with Crippen molar-refractivity contribution in [3.63, 3.8) is 0 Å². The van der Waals surface area contributed by atoms with Crippen molar-refractivity contribution in [1.29, 1.82) is 0 Å². The molecule has 0 aliphatic carbocycles. The lowest BCUT2D eigenvalue weighted by Crippen LogP contribution is -2.38. The van der Waals surface area contributed by atoms with Crippen molar-refractivity contribution in [1.82, 2.24) is 9.97 Å². The fraction of sp³-hybridized carbons (Fsp3) is 0.292. The van der Waals surface area contributed by atoms with E-state index in [2.05, 4.69) is 46.4 Å². The molecule has 1 aromatic heterocycles. The van der Waals surface area contributed by atoms with Gasteiger partial charge in [-0.25, -0.2) is 9.97 Å². The second-order valence-corrected chi connectivity index (χ2v) is 7.67. The van der Waals surface area contributed by atoms with E-state index in [0.29, 0.717) is 0 Å². The number of piperidine rings is 1. The minimum Gasteiger partial charge on any atom is -0.356 e. The Morgan fingerprint density at radius 1 is 1.00 bits per heavy atom. The SMILES string of the molecule is Cc1ccc(-c2nccc(N3CCC(C(=O)Nc4ccccc4C)CC3)n2)cc1. The Hall–Kier alpha value is -3.21. The van der Waals surface area contributed by atoms with Gasteiger partial charge < -0.3 is 10.2 Å². The van der Waals surface area contributed by atoms with Gasteiger partial charge in [-0.15, -0.1) is 0 Å². The van der Waals surface area contributed by atoms with Crippen LogP contribution in [0.25, 0.3) is 11.4 Å². The van der Waals surface area contributed by atoms with Crippen LogP contribution in [0.3, 0.4) is 0 Å². The maximum atomic E-state index is 12.7. The number of nitrogens with zero attached hydrogens (tertiary/aromatic N) is 3. The number of hydrogen-bond acceptors (Lipinski definition) is 4. The molecule has 0 saturated carbocycles. The van der Waals surface area contributed by atoms with Gasteiger partial charge in [-0.2, -0.15) is 0 Å². The highest BCUT2D eigenvalue weighted by molar-refractivity contribution is 5.93. The van der Waals surface area contributed by atoms with Gasteiger partial charge in [0, 0.05) is 36.5 Å². The summed E-state index contributed by atoms with van der Waals surface area (Å²) in [5, 5.41) is 3.09. The van der Waals surface area contributed by atoms with Crippen molar-refractivity contribution in [3.05, 3.63) is 71.9 Å². The molecule has 2 aromatic carbocycles. The summed E-state index contributed by atoms with van der Waals surface area (Å²) in [5.41, 5.74) is 4.22. The molecule has 2 heterocycles. The summed E-state index contributed by atoms with van der Waals surface area (Å²) in [6.45, 7) is 5.71. The lowest BCUT2D eigenvalue weighted by molar-refractivity contribution is -0.120. The van der Waals surface area contributed by atoms with Crippen LogP contribution in [0.1, 0.15) is 24.0 Å². The Morgan fingerprint density at radius 3 is 2.45 bits per heavy atom. The van der Waals surface area contributed by atoms with Gasteiger partial charge in [-0.3, -0.25) is 4.79 Å². The molecular weight excluding hydrogens is 360 g/mol. The predicted octanol–water partition coefficient (Wildman–Crippen LogP) is 4.62. The molecule has 0 bridgehead atoms. The molecule has 3 aromatic rings. The van der Waals surface area contributed by atoms with Gasteiger partial charge >= 0.3 is 0 Å². The number of aryl methyl sites for hydroxylation is 2. The second kappa shape index (κ2) is 8.43. The summed E-state index contributed by atoms with van der Waals surface area (Å²) in [6.07, 6.45) is 3.46. The normalized spacial score (nSPS) is 14.6. The zero-order valence-corrected chi connectivity index (χ0v) is 16.9.